The summed E-state index contributed by atoms with van der Waals surface area (Å²) in [6.07, 6.45) is -1.21. The summed E-state index contributed by atoms with van der Waals surface area (Å²) < 4.78 is 56.8. The van der Waals surface area contributed by atoms with Gasteiger partial charge in [-0.25, -0.2) is 32.3 Å². The number of carbonyl (C=O) groups excluding carboxylic acids is 2. The molecule has 2 aromatic carbocycles. The average Bonchev–Trinajstić information content (AvgIpc) is 3.10. The number of halogens is 1. The van der Waals surface area contributed by atoms with Crippen LogP contribution in [0.25, 0.3) is 0 Å². The van der Waals surface area contributed by atoms with E-state index in [9.17, 15) is 26.4 Å². The number of carbonyl (C=O) groups is 2. The predicted octanol–water partition coefficient (Wildman–Crippen LogP) is 3.58. The van der Waals surface area contributed by atoms with Crippen LogP contribution < -0.4 is 21.4 Å². The SMILES string of the molecule is CC(C)(C)OC(=O)Nc1ccc(S(=O)(=O)Cl)cc1.CN1CCN(CCON)CC1.CN1CCN(CCONS(=O)(=O)c2ccc(NC(=O)OC(C)(C)C)cc2)CC1. The molecule has 0 aromatic heterocycles. The minimum atomic E-state index is -3.79. The van der Waals surface area contributed by atoms with Crippen molar-refractivity contribution in [1.29, 1.82) is 0 Å². The van der Waals surface area contributed by atoms with Gasteiger partial charge in [-0.3, -0.25) is 25.3 Å². The summed E-state index contributed by atoms with van der Waals surface area (Å²) in [5, 5.41) is 5.03. The maximum Gasteiger partial charge on any atom is 0.412 e. The van der Waals surface area contributed by atoms with E-state index < -0.39 is 42.5 Å². The van der Waals surface area contributed by atoms with Crippen LogP contribution in [0.3, 0.4) is 0 Å². The Morgan fingerprint density at radius 1 is 0.649 bits per heavy atom. The summed E-state index contributed by atoms with van der Waals surface area (Å²) >= 11 is 0. The zero-order valence-corrected chi connectivity index (χ0v) is 36.6. The first-order valence-corrected chi connectivity index (χ1v) is 22.2. The molecule has 5 N–H and O–H groups in total. The van der Waals surface area contributed by atoms with Crippen LogP contribution in [0.4, 0.5) is 21.0 Å². The van der Waals surface area contributed by atoms with Crippen LogP contribution in [0.5, 0.6) is 0 Å². The van der Waals surface area contributed by atoms with Gasteiger partial charge in [0.25, 0.3) is 19.1 Å². The van der Waals surface area contributed by atoms with Gasteiger partial charge in [-0.1, -0.05) is 4.89 Å². The summed E-state index contributed by atoms with van der Waals surface area (Å²) in [5.74, 6) is 4.94. The smallest absolute Gasteiger partial charge is 0.412 e. The number of likely N-dealkylation sites (N-methyl/N-ethyl adjacent to an activating group) is 2. The molecule has 0 radical (unpaired) electrons. The van der Waals surface area contributed by atoms with Gasteiger partial charge in [-0.15, -0.1) is 0 Å². The number of amides is 2. The van der Waals surface area contributed by atoms with Crippen LogP contribution in [-0.2, 0) is 38.2 Å². The highest BCUT2D eigenvalue weighted by atomic mass is 35.7. The fourth-order valence-corrected chi connectivity index (χ4v) is 6.53. The summed E-state index contributed by atoms with van der Waals surface area (Å²) in [5.41, 5.74) is -0.347. The fraction of sp³-hybridized carbons (Fsp3) is 0.611. The average molecular weight is 866 g/mol. The topological polar surface area (TPSA) is 214 Å². The lowest BCUT2D eigenvalue weighted by Crippen LogP contribution is -2.45. The first-order valence-electron chi connectivity index (χ1n) is 18.4. The molecule has 21 heteroatoms. The lowest BCUT2D eigenvalue weighted by molar-refractivity contribution is 0.0567. The van der Waals surface area contributed by atoms with E-state index in [1.165, 1.54) is 48.5 Å². The van der Waals surface area contributed by atoms with Gasteiger partial charge in [0.1, 0.15) is 11.2 Å². The van der Waals surface area contributed by atoms with E-state index in [-0.39, 0.29) is 16.4 Å². The molecule has 0 unspecified atom stereocenters. The Morgan fingerprint density at radius 2 is 1.02 bits per heavy atom. The van der Waals surface area contributed by atoms with Crippen LogP contribution >= 0.6 is 10.7 Å². The van der Waals surface area contributed by atoms with Crippen molar-refractivity contribution in [3.05, 3.63) is 48.5 Å². The maximum absolute atomic E-state index is 12.3. The van der Waals surface area contributed by atoms with Crippen molar-refractivity contribution in [2.45, 2.75) is 62.5 Å². The van der Waals surface area contributed by atoms with Crippen molar-refractivity contribution in [3.8, 4) is 0 Å². The van der Waals surface area contributed by atoms with Crippen molar-refractivity contribution in [2.24, 2.45) is 5.90 Å². The van der Waals surface area contributed by atoms with Crippen molar-refractivity contribution >= 4 is 53.3 Å². The number of hydrogen-bond acceptors (Lipinski definition) is 15. The van der Waals surface area contributed by atoms with E-state index in [4.69, 9.17) is 30.9 Å². The molecular weight excluding hydrogens is 804 g/mol. The highest BCUT2D eigenvalue weighted by Crippen LogP contribution is 2.19. The monoisotopic (exact) mass is 864 g/mol. The molecule has 2 saturated heterocycles. The zero-order valence-electron chi connectivity index (χ0n) is 34.2. The molecule has 0 spiro atoms. The van der Waals surface area contributed by atoms with Gasteiger partial charge in [0.15, 0.2) is 0 Å². The summed E-state index contributed by atoms with van der Waals surface area (Å²) in [6, 6.07) is 11.2. The quantitative estimate of drug-likeness (QED) is 0.136. The van der Waals surface area contributed by atoms with Crippen molar-refractivity contribution < 1.29 is 45.6 Å². The molecule has 18 nitrogen and oxygen atoms in total. The third-order valence-electron chi connectivity index (χ3n) is 7.99. The highest BCUT2D eigenvalue weighted by molar-refractivity contribution is 8.13. The molecule has 0 atom stereocenters. The number of rotatable bonds is 12. The van der Waals surface area contributed by atoms with Gasteiger partial charge in [0.05, 0.1) is 23.0 Å². The van der Waals surface area contributed by atoms with Crippen LogP contribution in [0.15, 0.2) is 58.3 Å². The molecule has 2 amide bonds. The third-order valence-corrected chi connectivity index (χ3v) is 10.6. The molecule has 2 aliphatic heterocycles. The van der Waals surface area contributed by atoms with Crippen molar-refractivity contribution in [3.63, 3.8) is 0 Å². The molecule has 57 heavy (non-hydrogen) atoms. The largest absolute Gasteiger partial charge is 0.444 e. The Kier molecular flexibility index (Phi) is 20.6. The number of nitrogens with zero attached hydrogens (tertiary/aromatic N) is 4. The number of ether oxygens (including phenoxy) is 2. The molecule has 324 valence electrons. The Labute approximate surface area is 342 Å². The molecule has 4 rings (SSSR count). The molecule has 2 aromatic rings. The second kappa shape index (κ2) is 23.4. The Morgan fingerprint density at radius 3 is 1.37 bits per heavy atom. The number of hydrogen-bond donors (Lipinski definition) is 4. The molecular formula is C36H61ClN8O10S2. The van der Waals surface area contributed by atoms with E-state index in [1.807, 2.05) is 0 Å². The van der Waals surface area contributed by atoms with Gasteiger partial charge in [-0.2, -0.15) is 0 Å². The lowest BCUT2D eigenvalue weighted by Gasteiger charge is -2.32. The summed E-state index contributed by atoms with van der Waals surface area (Å²) in [4.78, 5) is 44.2. The highest BCUT2D eigenvalue weighted by Gasteiger charge is 2.20. The number of piperazine rings is 2. The minimum absolute atomic E-state index is 0.0288. The standard InChI is InChI=1S/C18H30N4O5S.C11H14ClNO4S.C7H17N3O/c1-18(2,3)27-17(23)19-15-5-7-16(8-6-15)28(24,25)20-26-14-13-22-11-9-21(4)10-12-22;1-11(2,3)17-10(14)13-8-4-6-9(7-5-8)18(12,15)16;1-9-2-4-10(5-3-9)6-7-11-8/h5-8,20H,9-14H2,1-4H3,(H,19,23);4-7H,1-3H3,(H,13,14);2-8H2,1H3. The Bertz CT molecular complexity index is 1720. The van der Waals surface area contributed by atoms with E-state index in [1.54, 1.807) is 41.5 Å². The second-order valence-corrected chi connectivity index (χ2v) is 19.5. The second-order valence-electron chi connectivity index (χ2n) is 15.3. The number of nitrogens with two attached hydrogens (primary N) is 1. The van der Waals surface area contributed by atoms with E-state index in [2.05, 4.69) is 54.1 Å². The molecule has 0 bridgehead atoms. The summed E-state index contributed by atoms with van der Waals surface area (Å²) in [7, 11) is 1.86. The van der Waals surface area contributed by atoms with Gasteiger partial charge in [0.2, 0.25) is 0 Å². The van der Waals surface area contributed by atoms with Crippen LogP contribution in [0.2, 0.25) is 0 Å². The number of nitrogens with one attached hydrogen (secondary N) is 3. The predicted molar refractivity (Wildman–Crippen MR) is 220 cm³/mol. The zero-order chi connectivity index (χ0) is 42.9. The van der Waals surface area contributed by atoms with Crippen LogP contribution in [-0.4, -0.2) is 153 Å². The minimum Gasteiger partial charge on any atom is -0.444 e. The fourth-order valence-electron chi connectivity index (χ4n) is 4.93. The molecule has 2 aliphatic rings. The lowest BCUT2D eigenvalue weighted by atomic mass is 10.2. The maximum atomic E-state index is 12.3. The first kappa shape index (κ1) is 50.0. The van der Waals surface area contributed by atoms with Gasteiger partial charge < -0.3 is 24.1 Å². The summed E-state index contributed by atoms with van der Waals surface area (Å²) in [6.45, 7) is 21.5. The van der Waals surface area contributed by atoms with Crippen LogP contribution in [0, 0.1) is 0 Å². The van der Waals surface area contributed by atoms with Crippen molar-refractivity contribution in [2.75, 3.05) is 103 Å². The van der Waals surface area contributed by atoms with Crippen LogP contribution in [0.1, 0.15) is 41.5 Å². The number of benzene rings is 2. The normalized spacial score (nSPS) is 16.3. The van der Waals surface area contributed by atoms with Gasteiger partial charge in [-0.05, 0) is 104 Å². The van der Waals surface area contributed by atoms with Gasteiger partial charge in [0, 0.05) is 87.5 Å². The molecule has 0 saturated carbocycles. The van der Waals surface area contributed by atoms with E-state index in [0.717, 1.165) is 58.9 Å². The molecule has 0 aliphatic carbocycles. The Balaban J connectivity index is 0.000000329. The van der Waals surface area contributed by atoms with Gasteiger partial charge >= 0.3 is 12.2 Å². The first-order chi connectivity index (χ1) is 26.5. The Hall–Kier alpha value is -3.15. The number of sulfonamides is 1. The third kappa shape index (κ3) is 22.0. The van der Waals surface area contributed by atoms with E-state index >= 15 is 0 Å². The number of anilines is 2. The van der Waals surface area contributed by atoms with E-state index in [0.29, 0.717) is 24.5 Å². The molecule has 2 fully saturated rings. The molecule has 2 heterocycles. The van der Waals surface area contributed by atoms with Crippen molar-refractivity contribution in [1.82, 2.24) is 24.5 Å².